The van der Waals surface area contributed by atoms with Crippen LogP contribution in [0.3, 0.4) is 0 Å². The standard InChI is InChI=1S/C29H32O13.H3P/c1-11-36-9-20-27(40-11)24(31)25(32)29(41-20)42-26-14-7-17-16(38-10-39-17)6-13(14)21(22-15(26)8-37-28(22)33)12-4-18(34-2)23(30)19(5-12)35-3;/h4-7,11,15,20-22,24-27,29-32H,8-10H2,1-3H3;1H3/t11-,15?,20-,21-,22+,24-,25-,26?,27-,29+;/m1./s1. The first-order valence-corrected chi connectivity index (χ1v) is 13.8. The van der Waals surface area contributed by atoms with Gasteiger partial charge in [0.15, 0.2) is 35.6 Å². The maximum Gasteiger partial charge on any atom is 0.310 e. The number of fused-ring (bicyclic) bond motifs is 4. The topological polar surface area (TPSA) is 161 Å². The summed E-state index contributed by atoms with van der Waals surface area (Å²) >= 11 is 0. The van der Waals surface area contributed by atoms with Crippen molar-refractivity contribution in [3.8, 4) is 28.7 Å². The molecule has 7 rings (SSSR count). The number of carbonyl (C=O) groups is 1. The van der Waals surface area contributed by atoms with Crippen molar-refractivity contribution in [3.05, 3.63) is 41.0 Å². The molecule has 3 unspecified atom stereocenters. The Morgan fingerprint density at radius 3 is 2.23 bits per heavy atom. The summed E-state index contributed by atoms with van der Waals surface area (Å²) in [6.45, 7) is 1.93. The van der Waals surface area contributed by atoms with E-state index in [1.54, 1.807) is 31.2 Å². The van der Waals surface area contributed by atoms with Crippen LogP contribution in [0.2, 0.25) is 0 Å². The summed E-state index contributed by atoms with van der Waals surface area (Å²) in [4.78, 5) is 13.4. The molecule has 0 saturated carbocycles. The van der Waals surface area contributed by atoms with Crippen molar-refractivity contribution >= 4 is 15.9 Å². The van der Waals surface area contributed by atoms with E-state index >= 15 is 0 Å². The van der Waals surface area contributed by atoms with Crippen LogP contribution in [0.4, 0.5) is 0 Å². The summed E-state index contributed by atoms with van der Waals surface area (Å²) in [5.74, 6) is -1.02. The smallest absolute Gasteiger partial charge is 0.310 e. The van der Waals surface area contributed by atoms with Crippen LogP contribution in [0.5, 0.6) is 28.7 Å². The van der Waals surface area contributed by atoms with E-state index in [0.717, 1.165) is 0 Å². The molecule has 13 nitrogen and oxygen atoms in total. The lowest BCUT2D eigenvalue weighted by atomic mass is 9.66. The number of hydrogen-bond acceptors (Lipinski definition) is 13. The molecule has 0 bridgehead atoms. The van der Waals surface area contributed by atoms with E-state index in [4.69, 9.17) is 42.6 Å². The van der Waals surface area contributed by atoms with Crippen molar-refractivity contribution < 1.29 is 62.7 Å². The Labute approximate surface area is 250 Å². The van der Waals surface area contributed by atoms with Gasteiger partial charge in [-0.15, -0.1) is 0 Å². The highest BCUT2D eigenvalue weighted by atomic mass is 31.0. The second kappa shape index (κ2) is 11.6. The number of phenolic OH excluding ortho intramolecular Hbond substituents is 1. The third-order valence-electron chi connectivity index (χ3n) is 8.75. The molecule has 3 fully saturated rings. The van der Waals surface area contributed by atoms with E-state index in [0.29, 0.717) is 28.2 Å². The number of carbonyl (C=O) groups excluding carboxylic acids is 1. The van der Waals surface area contributed by atoms with Crippen LogP contribution in [0.25, 0.3) is 0 Å². The van der Waals surface area contributed by atoms with E-state index in [2.05, 4.69) is 0 Å². The van der Waals surface area contributed by atoms with Crippen molar-refractivity contribution in [2.24, 2.45) is 11.8 Å². The van der Waals surface area contributed by atoms with Crippen LogP contribution in [0, 0.1) is 11.8 Å². The Hall–Kier alpha value is -2.90. The minimum Gasteiger partial charge on any atom is -0.502 e. The molecule has 5 aliphatic rings. The quantitative estimate of drug-likeness (QED) is 0.325. The molecule has 3 N–H and O–H groups in total. The van der Waals surface area contributed by atoms with Gasteiger partial charge in [0.05, 0.1) is 39.5 Å². The molecule has 3 saturated heterocycles. The molecule has 4 heterocycles. The first kappa shape index (κ1) is 30.1. The Bertz CT molecular complexity index is 1360. The molecular weight excluding hydrogens is 587 g/mol. The third kappa shape index (κ3) is 4.87. The minimum absolute atomic E-state index is 0. The van der Waals surface area contributed by atoms with Gasteiger partial charge < -0.3 is 58.0 Å². The lowest BCUT2D eigenvalue weighted by Gasteiger charge is -2.47. The SMILES string of the molecule is COc1cc([C@@H]2c3cc4c(cc3C(O[C@@H]3O[C@@H]5CO[C@@H](C)O[C@H]5[C@H](O)[C@H]3O)C3COC(=O)[C@@H]32)OCO4)cc(OC)c1O.P. The molecule has 0 amide bonds. The predicted molar refractivity (Wildman–Crippen MR) is 149 cm³/mol. The number of hydrogen-bond donors (Lipinski definition) is 3. The molecule has 11 atom stereocenters. The molecule has 234 valence electrons. The zero-order valence-electron chi connectivity index (χ0n) is 23.8. The first-order valence-electron chi connectivity index (χ1n) is 13.8. The number of phenols is 1. The van der Waals surface area contributed by atoms with Crippen LogP contribution in [0.15, 0.2) is 24.3 Å². The van der Waals surface area contributed by atoms with Crippen molar-refractivity contribution in [1.82, 2.24) is 0 Å². The first-order chi connectivity index (χ1) is 20.3. The molecule has 14 heteroatoms. The predicted octanol–water partition coefficient (Wildman–Crippen LogP) is 1.40. The number of aromatic hydroxyl groups is 1. The maximum absolute atomic E-state index is 13.4. The van der Waals surface area contributed by atoms with Crippen molar-refractivity contribution in [3.63, 3.8) is 0 Å². The highest BCUT2D eigenvalue weighted by molar-refractivity contribution is 6.92. The number of esters is 1. The largest absolute Gasteiger partial charge is 0.502 e. The Morgan fingerprint density at radius 1 is 0.884 bits per heavy atom. The number of aliphatic hydroxyl groups is 2. The number of ether oxygens (including phenoxy) is 9. The Balaban J connectivity index is 0.00000329. The summed E-state index contributed by atoms with van der Waals surface area (Å²) in [6, 6.07) is 6.93. The summed E-state index contributed by atoms with van der Waals surface area (Å²) in [6.07, 6.45) is -6.80. The van der Waals surface area contributed by atoms with Gasteiger partial charge in [-0.2, -0.15) is 9.90 Å². The van der Waals surface area contributed by atoms with Gasteiger partial charge in [0.1, 0.15) is 24.4 Å². The van der Waals surface area contributed by atoms with Crippen LogP contribution in [0.1, 0.15) is 35.6 Å². The molecule has 43 heavy (non-hydrogen) atoms. The molecular formula is C29H35O13P. The van der Waals surface area contributed by atoms with E-state index in [1.807, 2.05) is 0 Å². The molecule has 2 aromatic rings. The fourth-order valence-electron chi connectivity index (χ4n) is 6.74. The van der Waals surface area contributed by atoms with Crippen molar-refractivity contribution in [2.75, 3.05) is 34.2 Å². The van der Waals surface area contributed by atoms with Crippen molar-refractivity contribution in [2.45, 2.75) is 55.9 Å². The fourth-order valence-corrected chi connectivity index (χ4v) is 6.74. The van der Waals surface area contributed by atoms with Gasteiger partial charge in [-0.1, -0.05) is 0 Å². The Morgan fingerprint density at radius 2 is 1.56 bits per heavy atom. The van der Waals surface area contributed by atoms with Crippen LogP contribution >= 0.6 is 9.90 Å². The molecule has 0 radical (unpaired) electrons. The van der Waals surface area contributed by atoms with Gasteiger partial charge in [-0.05, 0) is 47.9 Å². The maximum atomic E-state index is 13.4. The second-order valence-electron chi connectivity index (χ2n) is 11.0. The normalized spacial score (nSPS) is 35.6. The Kier molecular flexibility index (Phi) is 8.10. The molecule has 0 spiro atoms. The number of rotatable bonds is 5. The summed E-state index contributed by atoms with van der Waals surface area (Å²) in [5.41, 5.74) is 2.01. The van der Waals surface area contributed by atoms with E-state index in [-0.39, 0.29) is 47.2 Å². The lowest BCUT2D eigenvalue weighted by Crippen LogP contribution is -2.63. The average molecular weight is 623 g/mol. The monoisotopic (exact) mass is 622 g/mol. The van der Waals surface area contributed by atoms with Crippen LogP contribution in [-0.2, 0) is 28.5 Å². The van der Waals surface area contributed by atoms with E-state index in [1.165, 1.54) is 14.2 Å². The summed E-state index contributed by atoms with van der Waals surface area (Å²) in [5, 5.41) is 32.5. The highest BCUT2D eigenvalue weighted by Gasteiger charge is 2.56. The zero-order valence-corrected chi connectivity index (χ0v) is 25.2. The lowest BCUT2D eigenvalue weighted by molar-refractivity contribution is -0.364. The van der Waals surface area contributed by atoms with Gasteiger partial charge in [-0.3, -0.25) is 4.79 Å². The molecule has 2 aromatic carbocycles. The number of cyclic esters (lactones) is 1. The van der Waals surface area contributed by atoms with Crippen LogP contribution < -0.4 is 18.9 Å². The van der Waals surface area contributed by atoms with Gasteiger partial charge in [0, 0.05) is 11.8 Å². The average Bonchev–Trinajstić information content (AvgIpc) is 3.61. The fraction of sp³-hybridized carbons (Fsp3) is 0.552. The summed E-state index contributed by atoms with van der Waals surface area (Å²) < 4.78 is 51.5. The van der Waals surface area contributed by atoms with Gasteiger partial charge in [-0.25, -0.2) is 0 Å². The van der Waals surface area contributed by atoms with E-state index < -0.39 is 66.8 Å². The van der Waals surface area contributed by atoms with Gasteiger partial charge in [0.2, 0.25) is 12.5 Å². The van der Waals surface area contributed by atoms with Crippen LogP contribution in [-0.4, -0.2) is 92.5 Å². The molecule has 4 aliphatic heterocycles. The third-order valence-corrected chi connectivity index (χ3v) is 8.75. The second-order valence-corrected chi connectivity index (χ2v) is 11.0. The molecule has 0 aromatic heterocycles. The van der Waals surface area contributed by atoms with E-state index in [9.17, 15) is 20.1 Å². The van der Waals surface area contributed by atoms with Crippen molar-refractivity contribution in [1.29, 1.82) is 0 Å². The van der Waals surface area contributed by atoms with Gasteiger partial charge >= 0.3 is 5.97 Å². The zero-order chi connectivity index (χ0) is 29.3. The number of methoxy groups -OCH3 is 2. The summed E-state index contributed by atoms with van der Waals surface area (Å²) in [7, 11) is 2.86. The van der Waals surface area contributed by atoms with Gasteiger partial charge in [0.25, 0.3) is 0 Å². The highest BCUT2D eigenvalue weighted by Crippen LogP contribution is 2.57. The number of aliphatic hydroxyl groups excluding tert-OH is 2. The minimum atomic E-state index is -1.44. The number of benzene rings is 2. The molecule has 1 aliphatic carbocycles.